The Hall–Kier alpha value is -2.84. The average molecular weight is 478 g/mol. The molecule has 0 radical (unpaired) electrons. The number of nitrogens with one attached hydrogen (secondary N) is 1. The number of anilines is 2. The summed E-state index contributed by atoms with van der Waals surface area (Å²) < 4.78 is 6.13. The number of carbonyl (C=O) groups excluding carboxylic acids is 1. The molecule has 4 heterocycles. The molecule has 3 aromatic rings. The first-order chi connectivity index (χ1) is 16.5. The van der Waals surface area contributed by atoms with Crippen molar-refractivity contribution in [1.82, 2.24) is 10.3 Å². The molecule has 0 unspecified atom stereocenters. The summed E-state index contributed by atoms with van der Waals surface area (Å²) in [5, 5.41) is 3.95. The molecule has 178 valence electrons. The third-order valence-electron chi connectivity index (χ3n) is 7.70. The van der Waals surface area contributed by atoms with E-state index in [4.69, 9.17) is 16.2 Å². The van der Waals surface area contributed by atoms with Gasteiger partial charge in [0.25, 0.3) is 5.91 Å². The zero-order valence-corrected chi connectivity index (χ0v) is 20.2. The van der Waals surface area contributed by atoms with Gasteiger partial charge < -0.3 is 26.4 Å². The van der Waals surface area contributed by atoms with Gasteiger partial charge in [0, 0.05) is 41.5 Å². The summed E-state index contributed by atoms with van der Waals surface area (Å²) in [4.78, 5) is 21.4. The van der Waals surface area contributed by atoms with Gasteiger partial charge in [0.05, 0.1) is 11.7 Å². The molecule has 34 heavy (non-hydrogen) atoms. The van der Waals surface area contributed by atoms with Crippen LogP contribution in [0.5, 0.6) is 5.75 Å². The number of aryl methyl sites for hydroxylation is 1. The first-order valence-corrected chi connectivity index (χ1v) is 13.0. The molecule has 0 bridgehead atoms. The zero-order valence-electron chi connectivity index (χ0n) is 19.4. The molecule has 4 atom stereocenters. The minimum Gasteiger partial charge on any atom is -0.491 e. The summed E-state index contributed by atoms with van der Waals surface area (Å²) in [6.45, 7) is 3.47. The highest BCUT2D eigenvalue weighted by atomic mass is 32.1. The van der Waals surface area contributed by atoms with Crippen LogP contribution in [-0.4, -0.2) is 42.2 Å². The molecule has 6 rings (SSSR count). The molecular formula is C26H31N5O2S. The van der Waals surface area contributed by atoms with E-state index in [-0.39, 0.29) is 11.9 Å². The quantitative estimate of drug-likeness (QED) is 0.532. The van der Waals surface area contributed by atoms with Gasteiger partial charge in [-0.2, -0.15) is 0 Å². The summed E-state index contributed by atoms with van der Waals surface area (Å²) in [6, 6.07) is 11.1. The van der Waals surface area contributed by atoms with E-state index in [1.807, 2.05) is 19.1 Å². The third kappa shape index (κ3) is 3.79. The zero-order chi connectivity index (χ0) is 23.4. The lowest BCUT2D eigenvalue weighted by Gasteiger charge is -2.36. The highest BCUT2D eigenvalue weighted by Crippen LogP contribution is 2.40. The van der Waals surface area contributed by atoms with Gasteiger partial charge in [-0.1, -0.05) is 6.07 Å². The van der Waals surface area contributed by atoms with Crippen molar-refractivity contribution in [2.24, 2.45) is 11.7 Å². The molecule has 3 aliphatic rings. The molecule has 1 aromatic carbocycles. The summed E-state index contributed by atoms with van der Waals surface area (Å²) >= 11 is 1.34. The van der Waals surface area contributed by atoms with Crippen molar-refractivity contribution in [1.29, 1.82) is 0 Å². The normalized spacial score (nSPS) is 26.1. The van der Waals surface area contributed by atoms with E-state index in [1.54, 1.807) is 0 Å². The Morgan fingerprint density at radius 2 is 2.12 bits per heavy atom. The number of nitrogen functional groups attached to an aromatic ring is 1. The molecule has 5 N–H and O–H groups in total. The first-order valence-electron chi connectivity index (χ1n) is 12.2. The Labute approximate surface area is 203 Å². The molecular weight excluding hydrogens is 446 g/mol. The number of thiophene rings is 1. The Morgan fingerprint density at radius 1 is 1.24 bits per heavy atom. The van der Waals surface area contributed by atoms with Crippen LogP contribution in [0.4, 0.5) is 11.4 Å². The maximum absolute atomic E-state index is 13.0. The minimum absolute atomic E-state index is 0.0994. The van der Waals surface area contributed by atoms with Crippen LogP contribution in [0, 0.1) is 12.8 Å². The number of carbonyl (C=O) groups is 1. The minimum atomic E-state index is -0.163. The molecule has 2 fully saturated rings. The number of hydrogen-bond acceptors (Lipinski definition) is 7. The van der Waals surface area contributed by atoms with Gasteiger partial charge in [-0.25, -0.2) is 4.98 Å². The standard InChI is InChI=1S/C26H31N5O2S/c1-14-2-7-20-23(28)24(34-26(20)29-14)25(32)30-18-10-16-4-6-19(12-22(16)33-13-18)31-9-8-15-3-5-17(27)11-21(15)31/h2,4,6-7,12,15,17-18,21H,3,5,8-11,13,27-28H2,1H3,(H,30,32)/t15-,17-,18+,21-/m0/s1. The van der Waals surface area contributed by atoms with E-state index in [9.17, 15) is 4.79 Å². The molecule has 2 aromatic heterocycles. The fourth-order valence-corrected chi connectivity index (χ4v) is 6.93. The van der Waals surface area contributed by atoms with Gasteiger partial charge in [-0.3, -0.25) is 4.79 Å². The fraction of sp³-hybridized carbons (Fsp3) is 0.462. The van der Waals surface area contributed by atoms with E-state index in [0.29, 0.717) is 29.3 Å². The number of aromatic nitrogens is 1. The van der Waals surface area contributed by atoms with Crippen LogP contribution in [0.25, 0.3) is 10.2 Å². The molecule has 1 amide bonds. The monoisotopic (exact) mass is 477 g/mol. The van der Waals surface area contributed by atoms with Crippen LogP contribution in [0.3, 0.4) is 0 Å². The van der Waals surface area contributed by atoms with Crippen molar-refractivity contribution < 1.29 is 9.53 Å². The predicted octanol–water partition coefficient (Wildman–Crippen LogP) is 3.63. The third-order valence-corrected chi connectivity index (χ3v) is 8.81. The Morgan fingerprint density at radius 3 is 3.00 bits per heavy atom. The van der Waals surface area contributed by atoms with Crippen molar-refractivity contribution in [3.63, 3.8) is 0 Å². The molecule has 8 heteroatoms. The summed E-state index contributed by atoms with van der Waals surface area (Å²) in [7, 11) is 0. The van der Waals surface area contributed by atoms with E-state index >= 15 is 0 Å². The number of pyridine rings is 1. The largest absolute Gasteiger partial charge is 0.491 e. The van der Waals surface area contributed by atoms with Crippen LogP contribution in [0.2, 0.25) is 0 Å². The molecule has 2 aliphatic heterocycles. The van der Waals surface area contributed by atoms with Gasteiger partial charge >= 0.3 is 0 Å². The average Bonchev–Trinajstić information content (AvgIpc) is 3.39. The maximum Gasteiger partial charge on any atom is 0.263 e. The second-order valence-corrected chi connectivity index (χ2v) is 11.0. The summed E-state index contributed by atoms with van der Waals surface area (Å²) in [6.07, 6.45) is 5.45. The molecule has 1 aliphatic carbocycles. The van der Waals surface area contributed by atoms with Crippen LogP contribution in [-0.2, 0) is 6.42 Å². The fourth-order valence-electron chi connectivity index (χ4n) is 5.89. The molecule has 7 nitrogen and oxygen atoms in total. The summed E-state index contributed by atoms with van der Waals surface area (Å²) in [5.41, 5.74) is 16.3. The van der Waals surface area contributed by atoms with Gasteiger partial charge in [0.15, 0.2) is 0 Å². The Bertz CT molecular complexity index is 1260. The number of hydrogen-bond donors (Lipinski definition) is 3. The second-order valence-electron chi connectivity index (χ2n) is 10.0. The Balaban J connectivity index is 1.15. The van der Waals surface area contributed by atoms with E-state index in [2.05, 4.69) is 33.4 Å². The molecule has 1 saturated heterocycles. The Kier molecular flexibility index (Phi) is 5.37. The van der Waals surface area contributed by atoms with Gasteiger partial charge in [-0.05, 0) is 68.7 Å². The second kappa shape index (κ2) is 8.43. The highest BCUT2D eigenvalue weighted by molar-refractivity contribution is 7.21. The van der Waals surface area contributed by atoms with Gasteiger partial charge in [0.1, 0.15) is 22.1 Å². The van der Waals surface area contributed by atoms with Crippen LogP contribution >= 0.6 is 11.3 Å². The number of nitrogens with two attached hydrogens (primary N) is 2. The smallest absolute Gasteiger partial charge is 0.263 e. The lowest BCUT2D eigenvalue weighted by atomic mass is 9.82. The maximum atomic E-state index is 13.0. The van der Waals surface area contributed by atoms with Gasteiger partial charge in [0.2, 0.25) is 0 Å². The lowest BCUT2D eigenvalue weighted by molar-refractivity contribution is 0.0920. The van der Waals surface area contributed by atoms with E-state index < -0.39 is 0 Å². The number of nitrogens with zero attached hydrogens (tertiary/aromatic N) is 2. The topological polar surface area (TPSA) is 106 Å². The van der Waals surface area contributed by atoms with E-state index in [1.165, 1.54) is 29.9 Å². The van der Waals surface area contributed by atoms with Crippen molar-refractivity contribution >= 4 is 38.8 Å². The number of amides is 1. The lowest BCUT2D eigenvalue weighted by Crippen LogP contribution is -2.43. The predicted molar refractivity (Wildman–Crippen MR) is 137 cm³/mol. The van der Waals surface area contributed by atoms with Crippen LogP contribution < -0.4 is 26.4 Å². The van der Waals surface area contributed by atoms with E-state index in [0.717, 1.165) is 58.9 Å². The number of benzene rings is 1. The summed E-state index contributed by atoms with van der Waals surface area (Å²) in [5.74, 6) is 1.52. The number of fused-ring (bicyclic) bond motifs is 3. The SMILES string of the molecule is Cc1ccc2c(N)c(C(=O)N[C@H]3COc4cc(N5CC[C@@H]6CC[C@H](N)C[C@@H]65)ccc4C3)sc2n1. The van der Waals surface area contributed by atoms with Crippen molar-refractivity contribution in [3.8, 4) is 5.75 Å². The molecule has 1 saturated carbocycles. The van der Waals surface area contributed by atoms with Crippen LogP contribution in [0.15, 0.2) is 30.3 Å². The van der Waals surface area contributed by atoms with Crippen molar-refractivity contribution in [2.45, 2.75) is 57.2 Å². The number of ether oxygens (including phenoxy) is 1. The van der Waals surface area contributed by atoms with Crippen molar-refractivity contribution in [2.75, 3.05) is 23.8 Å². The van der Waals surface area contributed by atoms with Gasteiger partial charge in [-0.15, -0.1) is 11.3 Å². The molecule has 0 spiro atoms. The highest BCUT2D eigenvalue weighted by Gasteiger charge is 2.38. The van der Waals surface area contributed by atoms with Crippen molar-refractivity contribution in [3.05, 3.63) is 46.5 Å². The number of rotatable bonds is 3. The van der Waals surface area contributed by atoms with Crippen LogP contribution in [0.1, 0.15) is 46.6 Å². The first kappa shape index (κ1) is 21.7.